The molecule has 0 radical (unpaired) electrons. The largest absolute Gasteiger partial charge is 0.481 e. The second-order valence-electron chi connectivity index (χ2n) is 9.64. The van der Waals surface area contributed by atoms with Crippen molar-refractivity contribution in [3.63, 3.8) is 0 Å². The van der Waals surface area contributed by atoms with Crippen molar-refractivity contribution in [3.8, 4) is 0 Å². The Balaban J connectivity index is 2.86. The van der Waals surface area contributed by atoms with E-state index in [0.29, 0.717) is 12.8 Å². The van der Waals surface area contributed by atoms with Crippen molar-refractivity contribution in [2.75, 3.05) is 0 Å². The molecule has 5 unspecified atom stereocenters. The molecule has 228 valence electrons. The zero-order valence-corrected chi connectivity index (χ0v) is 22.8. The van der Waals surface area contributed by atoms with Crippen LogP contribution in [0.1, 0.15) is 71.1 Å². The highest BCUT2D eigenvalue weighted by molar-refractivity contribution is 5.94. The minimum absolute atomic E-state index is 0.345. The summed E-state index contributed by atoms with van der Waals surface area (Å²) < 4.78 is 9.78. The van der Waals surface area contributed by atoms with Crippen molar-refractivity contribution in [1.82, 2.24) is 0 Å². The predicted molar refractivity (Wildman–Crippen MR) is 141 cm³/mol. The number of carboxylic acids is 4. The van der Waals surface area contributed by atoms with Crippen LogP contribution in [-0.4, -0.2) is 79.2 Å². The quantitative estimate of drug-likeness (QED) is 0.0792. The van der Waals surface area contributed by atoms with Crippen LogP contribution in [0.2, 0.25) is 0 Å². The maximum absolute atomic E-state index is 12.9. The normalized spacial score (nSPS) is 20.1. The van der Waals surface area contributed by atoms with Crippen molar-refractivity contribution in [1.29, 1.82) is 0 Å². The van der Waals surface area contributed by atoms with E-state index in [-0.39, 0.29) is 6.42 Å². The number of carboxylic acid groups (broad SMARTS) is 4. The van der Waals surface area contributed by atoms with Gasteiger partial charge in [-0.15, -0.1) is 0 Å². The van der Waals surface area contributed by atoms with Crippen molar-refractivity contribution < 1.29 is 63.8 Å². The second kappa shape index (κ2) is 17.6. The zero-order chi connectivity index (χ0) is 31.0. The average molecular weight is 583 g/mol. The molecule has 0 bridgehead atoms. The Morgan fingerprint density at radius 1 is 0.927 bits per heavy atom. The lowest BCUT2D eigenvalue weighted by atomic mass is 9.82. The van der Waals surface area contributed by atoms with Gasteiger partial charge in [0, 0.05) is 6.42 Å². The number of cyclic esters (lactones) is 1. The van der Waals surface area contributed by atoms with E-state index in [1.165, 1.54) is 25.3 Å². The molecule has 13 heteroatoms. The van der Waals surface area contributed by atoms with Crippen LogP contribution in [0.5, 0.6) is 0 Å². The Morgan fingerprint density at radius 3 is 2.12 bits per heavy atom. The predicted octanol–water partition coefficient (Wildman–Crippen LogP) is 2.71. The van der Waals surface area contributed by atoms with Gasteiger partial charge in [-0.05, 0) is 38.2 Å². The van der Waals surface area contributed by atoms with Gasteiger partial charge in [0.2, 0.25) is 6.10 Å². The number of unbranched alkanes of at least 4 members (excludes halogenated alkanes) is 4. The summed E-state index contributed by atoms with van der Waals surface area (Å²) >= 11 is 0. The fraction of sp³-hybridized carbons (Fsp3) is 0.571. The third-order valence-corrected chi connectivity index (χ3v) is 6.36. The SMILES string of the molecule is CCCCC/C=C/C/C=C/CC/C=C/C1CC(C(O)(CC(=O)O)C(=O)OC(C(=O)O)C(CC(=O)O)C(=O)O)C(=O)O1. The summed E-state index contributed by atoms with van der Waals surface area (Å²) in [5, 5.41) is 47.8. The van der Waals surface area contributed by atoms with E-state index in [1.807, 2.05) is 12.2 Å². The highest BCUT2D eigenvalue weighted by atomic mass is 16.6. The van der Waals surface area contributed by atoms with Gasteiger partial charge in [0.1, 0.15) is 17.9 Å². The Morgan fingerprint density at radius 2 is 1.56 bits per heavy atom. The van der Waals surface area contributed by atoms with E-state index < -0.39 is 78.3 Å². The van der Waals surface area contributed by atoms with Crippen molar-refractivity contribution in [2.24, 2.45) is 11.8 Å². The topological polar surface area (TPSA) is 222 Å². The molecule has 0 amide bonds. The number of allylic oxidation sites excluding steroid dienone is 5. The van der Waals surface area contributed by atoms with Crippen LogP contribution in [0.25, 0.3) is 0 Å². The lowest BCUT2D eigenvalue weighted by Crippen LogP contribution is -2.53. The molecule has 0 saturated carbocycles. The van der Waals surface area contributed by atoms with Gasteiger partial charge in [-0.2, -0.15) is 0 Å². The monoisotopic (exact) mass is 582 g/mol. The molecule has 0 aromatic heterocycles. The third kappa shape index (κ3) is 12.0. The molecule has 5 atom stereocenters. The number of hydrogen-bond donors (Lipinski definition) is 5. The average Bonchev–Trinajstić information content (AvgIpc) is 3.26. The Labute approximate surface area is 237 Å². The summed E-state index contributed by atoms with van der Waals surface area (Å²) in [5.41, 5.74) is -3.11. The van der Waals surface area contributed by atoms with Crippen LogP contribution < -0.4 is 0 Å². The lowest BCUT2D eigenvalue weighted by molar-refractivity contribution is -0.194. The molecular weight excluding hydrogens is 544 g/mol. The fourth-order valence-corrected chi connectivity index (χ4v) is 4.18. The number of aliphatic carboxylic acids is 4. The first kappa shape index (κ1) is 35.0. The molecular formula is C28H38O13. The van der Waals surface area contributed by atoms with Gasteiger partial charge in [0.25, 0.3) is 0 Å². The summed E-state index contributed by atoms with van der Waals surface area (Å²) in [7, 11) is 0. The van der Waals surface area contributed by atoms with E-state index >= 15 is 0 Å². The number of hydrogen-bond acceptors (Lipinski definition) is 9. The van der Waals surface area contributed by atoms with E-state index in [4.69, 9.17) is 9.84 Å². The highest BCUT2D eigenvalue weighted by Crippen LogP contribution is 2.36. The maximum atomic E-state index is 12.9. The van der Waals surface area contributed by atoms with Crippen molar-refractivity contribution in [2.45, 2.75) is 88.9 Å². The molecule has 0 spiro atoms. The number of aliphatic hydroxyl groups is 1. The summed E-state index contributed by atoms with van der Waals surface area (Å²) in [4.78, 5) is 70.8. The van der Waals surface area contributed by atoms with Crippen molar-refractivity contribution >= 4 is 35.8 Å². The van der Waals surface area contributed by atoms with Crippen LogP contribution in [0.4, 0.5) is 0 Å². The summed E-state index contributed by atoms with van der Waals surface area (Å²) in [6.07, 6.45) is 11.7. The first-order chi connectivity index (χ1) is 19.3. The van der Waals surface area contributed by atoms with Crippen LogP contribution in [0.3, 0.4) is 0 Å². The summed E-state index contributed by atoms with van der Waals surface area (Å²) in [6.45, 7) is 2.15. The minimum Gasteiger partial charge on any atom is -0.481 e. The van der Waals surface area contributed by atoms with Gasteiger partial charge in [0.15, 0.2) is 5.60 Å². The van der Waals surface area contributed by atoms with Crippen LogP contribution >= 0.6 is 0 Å². The number of carbonyl (C=O) groups is 6. The lowest BCUT2D eigenvalue weighted by Gasteiger charge is -2.30. The van der Waals surface area contributed by atoms with Crippen LogP contribution in [0, 0.1) is 11.8 Å². The molecule has 5 N–H and O–H groups in total. The smallest absolute Gasteiger partial charge is 0.345 e. The van der Waals surface area contributed by atoms with Crippen LogP contribution in [-0.2, 0) is 38.2 Å². The van der Waals surface area contributed by atoms with Gasteiger partial charge in [0.05, 0.1) is 12.8 Å². The molecule has 1 aliphatic rings. The van der Waals surface area contributed by atoms with Gasteiger partial charge in [-0.3, -0.25) is 19.2 Å². The molecule has 41 heavy (non-hydrogen) atoms. The Hall–Kier alpha value is -4.00. The van der Waals surface area contributed by atoms with Gasteiger partial charge in [-0.1, -0.05) is 50.1 Å². The van der Waals surface area contributed by atoms with Crippen molar-refractivity contribution in [3.05, 3.63) is 36.5 Å². The number of esters is 2. The Kier molecular flexibility index (Phi) is 15.1. The molecule has 1 heterocycles. The molecule has 1 fully saturated rings. The minimum atomic E-state index is -3.11. The molecule has 0 aliphatic carbocycles. The van der Waals surface area contributed by atoms with Crippen LogP contribution in [0.15, 0.2) is 36.5 Å². The molecule has 0 aromatic rings. The number of carbonyl (C=O) groups excluding carboxylic acids is 2. The molecule has 1 saturated heterocycles. The molecule has 1 aliphatic heterocycles. The highest BCUT2D eigenvalue weighted by Gasteiger charge is 2.56. The summed E-state index contributed by atoms with van der Waals surface area (Å²) in [6, 6.07) is 0. The summed E-state index contributed by atoms with van der Waals surface area (Å²) in [5.74, 6) is -14.5. The molecule has 1 rings (SSSR count). The van der Waals surface area contributed by atoms with E-state index in [1.54, 1.807) is 6.08 Å². The van der Waals surface area contributed by atoms with E-state index in [9.17, 15) is 49.2 Å². The third-order valence-electron chi connectivity index (χ3n) is 6.36. The number of ether oxygens (including phenoxy) is 2. The van der Waals surface area contributed by atoms with Gasteiger partial charge < -0.3 is 35.0 Å². The second-order valence-corrected chi connectivity index (χ2v) is 9.64. The number of rotatable bonds is 20. The van der Waals surface area contributed by atoms with Gasteiger partial charge in [-0.25, -0.2) is 9.59 Å². The maximum Gasteiger partial charge on any atom is 0.345 e. The fourth-order valence-electron chi connectivity index (χ4n) is 4.18. The molecule has 0 aromatic carbocycles. The zero-order valence-electron chi connectivity index (χ0n) is 22.8. The standard InChI is InChI=1S/C28H38O13/c1-2-3-4-5-6-7-8-9-10-11-12-13-14-18-15-20(26(37)40-18)28(39,17-22(31)32)27(38)41-23(25(35)36)19(24(33)34)16-21(29)30/h6-7,9-10,13-14,18-20,23,39H,2-5,8,11-12,15-17H2,1H3,(H,29,30)(H,31,32)(H,33,34)(H,35,36)/b7-6+,10-9+,14-13+. The van der Waals surface area contributed by atoms with Gasteiger partial charge >= 0.3 is 35.8 Å². The first-order valence-corrected chi connectivity index (χ1v) is 13.3. The molecule has 13 nitrogen and oxygen atoms in total. The first-order valence-electron chi connectivity index (χ1n) is 13.3. The van der Waals surface area contributed by atoms with E-state index in [2.05, 4.69) is 23.8 Å². The Bertz CT molecular complexity index is 1030. The van der Waals surface area contributed by atoms with E-state index in [0.717, 1.165) is 12.8 Å².